The van der Waals surface area contributed by atoms with E-state index < -0.39 is 11.7 Å². The highest BCUT2D eigenvalue weighted by Crippen LogP contribution is 2.40. The molecule has 3 aliphatic heterocycles. The molecule has 3 heterocycles. The van der Waals surface area contributed by atoms with Crippen molar-refractivity contribution >= 4 is 5.91 Å². The molecule has 0 aromatic heterocycles. The summed E-state index contributed by atoms with van der Waals surface area (Å²) in [4.78, 5) is 14.0. The minimum Gasteiger partial charge on any atom is -0.391 e. The second-order valence-electron chi connectivity index (χ2n) is 7.11. The van der Waals surface area contributed by atoms with E-state index in [-0.39, 0.29) is 11.3 Å². The highest BCUT2D eigenvalue weighted by atomic mass is 16.3. The number of β-amino-alcohol motifs (C(OH)–C–C–N with tert-alkyl or cyclic N) is 2. The lowest BCUT2D eigenvalue weighted by Gasteiger charge is -2.48. The molecule has 6 heteroatoms. The summed E-state index contributed by atoms with van der Waals surface area (Å²) in [5.41, 5.74) is -0.812. The summed E-state index contributed by atoms with van der Waals surface area (Å²) in [5.74, 6) is 0.0609. The average Bonchev–Trinajstić information content (AvgIpc) is 2.46. The van der Waals surface area contributed by atoms with Crippen molar-refractivity contribution < 1.29 is 15.0 Å². The summed E-state index contributed by atoms with van der Waals surface area (Å²) >= 11 is 0. The SMILES string of the molecule is O=C1CC2(CCN(CC3(O)CCNCC3)CC2)C(O)CN1. The van der Waals surface area contributed by atoms with Gasteiger partial charge in [-0.1, -0.05) is 0 Å². The summed E-state index contributed by atoms with van der Waals surface area (Å²) in [7, 11) is 0. The van der Waals surface area contributed by atoms with Crippen LogP contribution in [-0.4, -0.2) is 72.0 Å². The van der Waals surface area contributed by atoms with E-state index >= 15 is 0 Å². The van der Waals surface area contributed by atoms with Crippen molar-refractivity contribution in [3.8, 4) is 0 Å². The predicted octanol–water partition coefficient (Wildman–Crippen LogP) is -0.936. The van der Waals surface area contributed by atoms with Gasteiger partial charge < -0.3 is 25.7 Å². The van der Waals surface area contributed by atoms with Gasteiger partial charge in [0.2, 0.25) is 5.91 Å². The summed E-state index contributed by atoms with van der Waals surface area (Å²) in [6.07, 6.45) is 3.31. The zero-order valence-corrected chi connectivity index (χ0v) is 12.6. The van der Waals surface area contributed by atoms with Gasteiger partial charge in [-0.3, -0.25) is 4.79 Å². The summed E-state index contributed by atoms with van der Waals surface area (Å²) < 4.78 is 0. The van der Waals surface area contributed by atoms with Crippen LogP contribution in [0.15, 0.2) is 0 Å². The van der Waals surface area contributed by atoms with Crippen LogP contribution < -0.4 is 10.6 Å². The lowest BCUT2D eigenvalue weighted by atomic mass is 9.69. The van der Waals surface area contributed by atoms with Crippen LogP contribution in [0.3, 0.4) is 0 Å². The maximum Gasteiger partial charge on any atom is 0.220 e. The molecule has 0 aromatic carbocycles. The summed E-state index contributed by atoms with van der Waals surface area (Å²) in [6.45, 7) is 4.59. The molecule has 1 unspecified atom stereocenters. The van der Waals surface area contributed by atoms with Gasteiger partial charge in [-0.15, -0.1) is 0 Å². The van der Waals surface area contributed by atoms with Crippen LogP contribution in [0, 0.1) is 5.41 Å². The Labute approximate surface area is 125 Å². The third-order valence-corrected chi connectivity index (χ3v) is 5.62. The number of carbonyl (C=O) groups excluding carboxylic acids is 1. The van der Waals surface area contributed by atoms with Crippen molar-refractivity contribution in [2.75, 3.05) is 39.3 Å². The van der Waals surface area contributed by atoms with Crippen molar-refractivity contribution in [3.63, 3.8) is 0 Å². The minimum absolute atomic E-state index is 0.0609. The highest BCUT2D eigenvalue weighted by Gasteiger charge is 2.45. The normalized spacial score (nSPS) is 32.9. The van der Waals surface area contributed by atoms with Crippen molar-refractivity contribution in [3.05, 3.63) is 0 Å². The third-order valence-electron chi connectivity index (χ3n) is 5.62. The van der Waals surface area contributed by atoms with Crippen molar-refractivity contribution in [2.45, 2.75) is 43.8 Å². The first-order chi connectivity index (χ1) is 10.0. The number of nitrogens with one attached hydrogen (secondary N) is 2. The van der Waals surface area contributed by atoms with Crippen molar-refractivity contribution in [2.24, 2.45) is 5.41 Å². The van der Waals surface area contributed by atoms with Gasteiger partial charge in [-0.05, 0) is 51.9 Å². The lowest BCUT2D eigenvalue weighted by molar-refractivity contribution is -0.135. The summed E-state index contributed by atoms with van der Waals surface area (Å²) in [6, 6.07) is 0. The van der Waals surface area contributed by atoms with E-state index in [1.165, 1.54) is 0 Å². The molecule has 0 radical (unpaired) electrons. The Bertz CT molecular complexity index is 388. The fourth-order valence-electron chi connectivity index (χ4n) is 4.06. The number of carbonyl (C=O) groups is 1. The second kappa shape index (κ2) is 5.83. The number of nitrogens with zero attached hydrogens (tertiary/aromatic N) is 1. The predicted molar refractivity (Wildman–Crippen MR) is 78.8 cm³/mol. The Hall–Kier alpha value is -0.690. The van der Waals surface area contributed by atoms with Gasteiger partial charge in [0.25, 0.3) is 0 Å². The van der Waals surface area contributed by atoms with Gasteiger partial charge in [0.05, 0.1) is 11.7 Å². The van der Waals surface area contributed by atoms with Crippen LogP contribution in [0.2, 0.25) is 0 Å². The van der Waals surface area contributed by atoms with E-state index in [1.54, 1.807) is 0 Å². The van der Waals surface area contributed by atoms with Crippen LogP contribution in [0.5, 0.6) is 0 Å². The van der Waals surface area contributed by atoms with Gasteiger partial charge in [0.15, 0.2) is 0 Å². The molecule has 0 saturated carbocycles. The van der Waals surface area contributed by atoms with E-state index in [0.717, 1.165) is 51.9 Å². The highest BCUT2D eigenvalue weighted by molar-refractivity contribution is 5.77. The molecule has 0 bridgehead atoms. The molecule has 3 fully saturated rings. The van der Waals surface area contributed by atoms with Crippen molar-refractivity contribution in [1.82, 2.24) is 15.5 Å². The fourth-order valence-corrected chi connectivity index (χ4v) is 4.06. The van der Waals surface area contributed by atoms with E-state index in [4.69, 9.17) is 0 Å². The van der Waals surface area contributed by atoms with E-state index in [2.05, 4.69) is 15.5 Å². The van der Waals surface area contributed by atoms with Crippen LogP contribution in [0.4, 0.5) is 0 Å². The number of likely N-dealkylation sites (tertiary alicyclic amines) is 1. The van der Waals surface area contributed by atoms with E-state index in [9.17, 15) is 15.0 Å². The van der Waals surface area contributed by atoms with E-state index in [1.807, 2.05) is 0 Å². The van der Waals surface area contributed by atoms with Crippen LogP contribution in [0.1, 0.15) is 32.1 Å². The molecule has 1 atom stereocenters. The molecule has 1 amide bonds. The quantitative estimate of drug-likeness (QED) is 0.529. The Morgan fingerprint density at radius 1 is 1.19 bits per heavy atom. The third kappa shape index (κ3) is 3.23. The molecule has 120 valence electrons. The number of hydrogen-bond acceptors (Lipinski definition) is 5. The van der Waals surface area contributed by atoms with Crippen molar-refractivity contribution in [1.29, 1.82) is 0 Å². The van der Waals surface area contributed by atoms with Gasteiger partial charge in [-0.2, -0.15) is 0 Å². The molecule has 0 aromatic rings. The molecule has 1 spiro atoms. The maximum absolute atomic E-state index is 11.6. The number of piperidine rings is 3. The molecular formula is C15H27N3O3. The first kappa shape index (κ1) is 15.2. The molecule has 6 nitrogen and oxygen atoms in total. The van der Waals surface area contributed by atoms with E-state index in [0.29, 0.717) is 19.5 Å². The minimum atomic E-state index is -0.571. The zero-order valence-electron chi connectivity index (χ0n) is 12.6. The van der Waals surface area contributed by atoms with Crippen LogP contribution >= 0.6 is 0 Å². The molecule has 3 saturated heterocycles. The van der Waals surface area contributed by atoms with Gasteiger partial charge in [0, 0.05) is 24.9 Å². The molecular weight excluding hydrogens is 270 g/mol. The number of aliphatic hydroxyl groups is 2. The first-order valence-corrected chi connectivity index (χ1v) is 8.12. The van der Waals surface area contributed by atoms with Gasteiger partial charge >= 0.3 is 0 Å². The lowest BCUT2D eigenvalue weighted by Crippen LogP contribution is -2.58. The molecule has 3 aliphatic rings. The summed E-state index contributed by atoms with van der Waals surface area (Å²) in [5, 5.41) is 26.9. The topological polar surface area (TPSA) is 84.8 Å². The van der Waals surface area contributed by atoms with Crippen LogP contribution in [0.25, 0.3) is 0 Å². The molecule has 0 aliphatic carbocycles. The number of aliphatic hydroxyl groups excluding tert-OH is 1. The second-order valence-corrected chi connectivity index (χ2v) is 7.11. The monoisotopic (exact) mass is 297 g/mol. The smallest absolute Gasteiger partial charge is 0.220 e. The van der Waals surface area contributed by atoms with Crippen LogP contribution in [-0.2, 0) is 4.79 Å². The molecule has 21 heavy (non-hydrogen) atoms. The Balaban J connectivity index is 1.56. The average molecular weight is 297 g/mol. The zero-order chi connectivity index (χ0) is 14.9. The Morgan fingerprint density at radius 3 is 2.52 bits per heavy atom. The van der Waals surface area contributed by atoms with Gasteiger partial charge in [0.1, 0.15) is 0 Å². The maximum atomic E-state index is 11.6. The Kier molecular flexibility index (Phi) is 4.23. The Morgan fingerprint density at radius 2 is 1.86 bits per heavy atom. The molecule has 4 N–H and O–H groups in total. The first-order valence-electron chi connectivity index (χ1n) is 8.12. The van der Waals surface area contributed by atoms with Gasteiger partial charge in [-0.25, -0.2) is 0 Å². The largest absolute Gasteiger partial charge is 0.391 e. The number of hydrogen-bond donors (Lipinski definition) is 4. The number of amides is 1. The fraction of sp³-hybridized carbons (Fsp3) is 0.933. The molecule has 3 rings (SSSR count). The number of rotatable bonds is 2. The standard InChI is InChI=1S/C15H27N3O3/c19-12-10-17-13(20)9-14(12)3-7-18(8-4-14)11-15(21)1-5-16-6-2-15/h12,16,19,21H,1-11H2,(H,17,20).